The summed E-state index contributed by atoms with van der Waals surface area (Å²) < 4.78 is 10.0. The second kappa shape index (κ2) is 9.25. The fourth-order valence-electron chi connectivity index (χ4n) is 2.48. The number of rotatable bonds is 4. The number of hydrogen-bond donors (Lipinski definition) is 2. The lowest BCUT2D eigenvalue weighted by atomic mass is 9.84. The molecule has 148 valence electrons. The molecule has 0 bridgehead atoms. The first-order valence-corrected chi connectivity index (χ1v) is 8.36. The summed E-state index contributed by atoms with van der Waals surface area (Å²) in [7, 11) is 2.91. The zero-order valence-electron chi connectivity index (χ0n) is 16.0. The molecule has 0 radical (unpaired) electrons. The lowest BCUT2D eigenvalue weighted by Gasteiger charge is -2.46. The molecule has 0 aromatic rings. The molecule has 26 heavy (non-hydrogen) atoms. The van der Waals surface area contributed by atoms with Crippen LogP contribution in [-0.4, -0.2) is 86.8 Å². The van der Waals surface area contributed by atoms with Crippen molar-refractivity contribution >= 4 is 24.0 Å². The molecule has 0 aromatic heterocycles. The number of piperazine rings is 1. The topological polar surface area (TPSA) is 117 Å². The molecule has 1 rings (SSSR count). The molecule has 1 saturated heterocycles. The van der Waals surface area contributed by atoms with Crippen LogP contribution < -0.4 is 10.6 Å². The average molecular weight is 372 g/mol. The quantitative estimate of drug-likeness (QED) is 0.705. The molecule has 1 heterocycles. The van der Waals surface area contributed by atoms with Crippen LogP contribution in [0.5, 0.6) is 0 Å². The fraction of sp³-hybridized carbons (Fsp3) is 0.750. The Labute approximate surface area is 153 Å². The summed E-state index contributed by atoms with van der Waals surface area (Å²) in [4.78, 5) is 49.9. The predicted octanol–water partition coefficient (Wildman–Crippen LogP) is -0.216. The summed E-state index contributed by atoms with van der Waals surface area (Å²) in [5.74, 6) is -0.802. The average Bonchev–Trinajstić information content (AvgIpc) is 2.62. The summed E-state index contributed by atoms with van der Waals surface area (Å²) in [5, 5.41) is 4.75. The Kier molecular flexibility index (Phi) is 7.66. The summed E-state index contributed by atoms with van der Waals surface area (Å²) in [5.41, 5.74) is -0.341. The van der Waals surface area contributed by atoms with Gasteiger partial charge in [-0.05, 0) is 5.41 Å². The van der Waals surface area contributed by atoms with Crippen molar-refractivity contribution < 1.29 is 28.7 Å². The molecular weight excluding hydrogens is 344 g/mol. The Balaban J connectivity index is 2.74. The van der Waals surface area contributed by atoms with Gasteiger partial charge in [0, 0.05) is 33.7 Å². The highest BCUT2D eigenvalue weighted by Crippen LogP contribution is 2.28. The number of nitrogens with one attached hydrogen (secondary N) is 2. The number of ether oxygens (including phenoxy) is 2. The van der Waals surface area contributed by atoms with Crippen molar-refractivity contribution in [3.8, 4) is 0 Å². The van der Waals surface area contributed by atoms with Crippen molar-refractivity contribution in [2.45, 2.75) is 26.8 Å². The van der Waals surface area contributed by atoms with Crippen LogP contribution in [0.15, 0.2) is 0 Å². The van der Waals surface area contributed by atoms with Crippen LogP contribution in [0.25, 0.3) is 0 Å². The number of carbonyl (C=O) groups excluding carboxylic acids is 4. The molecule has 10 nitrogen and oxygen atoms in total. The van der Waals surface area contributed by atoms with Crippen LogP contribution >= 0.6 is 0 Å². The SMILES string of the molecule is CNC(=O)COC(=O)N1CCN(C(=O)OCC(=O)NC)C(C(C)(C)C)C1. The highest BCUT2D eigenvalue weighted by molar-refractivity contribution is 5.81. The number of likely N-dealkylation sites (N-methyl/N-ethyl adjacent to an activating group) is 2. The van der Waals surface area contributed by atoms with E-state index in [9.17, 15) is 19.2 Å². The van der Waals surface area contributed by atoms with E-state index in [1.54, 1.807) is 0 Å². The summed E-state index contributed by atoms with van der Waals surface area (Å²) >= 11 is 0. The maximum absolute atomic E-state index is 12.3. The molecule has 0 aliphatic carbocycles. The van der Waals surface area contributed by atoms with E-state index in [-0.39, 0.29) is 44.3 Å². The smallest absolute Gasteiger partial charge is 0.410 e. The minimum absolute atomic E-state index is 0.240. The monoisotopic (exact) mass is 372 g/mol. The second-order valence-corrected chi connectivity index (χ2v) is 6.98. The summed E-state index contributed by atoms with van der Waals surface area (Å²) in [6.45, 7) is 5.83. The molecule has 0 spiro atoms. The molecule has 1 fully saturated rings. The Morgan fingerprint density at radius 1 is 0.923 bits per heavy atom. The zero-order valence-corrected chi connectivity index (χ0v) is 16.0. The number of carbonyl (C=O) groups is 4. The number of amides is 4. The molecule has 2 N–H and O–H groups in total. The van der Waals surface area contributed by atoms with E-state index in [1.165, 1.54) is 23.9 Å². The fourth-order valence-corrected chi connectivity index (χ4v) is 2.48. The third-order valence-corrected chi connectivity index (χ3v) is 4.08. The van der Waals surface area contributed by atoms with Gasteiger partial charge in [-0.3, -0.25) is 9.59 Å². The van der Waals surface area contributed by atoms with Gasteiger partial charge in [-0.1, -0.05) is 20.8 Å². The standard InChI is InChI=1S/C16H28N4O6/c1-16(2,3)11-8-19(14(23)25-9-12(21)17-4)6-7-20(11)15(24)26-10-13(22)18-5/h11H,6-10H2,1-5H3,(H,17,21)(H,18,22). The lowest BCUT2D eigenvalue weighted by molar-refractivity contribution is -0.125. The first-order chi connectivity index (χ1) is 12.1. The van der Waals surface area contributed by atoms with Gasteiger partial charge in [0.1, 0.15) is 0 Å². The maximum atomic E-state index is 12.3. The second-order valence-electron chi connectivity index (χ2n) is 6.98. The Hall–Kier alpha value is -2.52. The van der Waals surface area contributed by atoms with Crippen LogP contribution in [0.1, 0.15) is 20.8 Å². The normalized spacial score (nSPS) is 17.3. The molecule has 0 aromatic carbocycles. The van der Waals surface area contributed by atoms with Gasteiger partial charge in [0.25, 0.3) is 11.8 Å². The molecule has 4 amide bonds. The van der Waals surface area contributed by atoms with E-state index in [1.807, 2.05) is 20.8 Å². The van der Waals surface area contributed by atoms with E-state index >= 15 is 0 Å². The van der Waals surface area contributed by atoms with Crippen molar-refractivity contribution in [1.29, 1.82) is 0 Å². The van der Waals surface area contributed by atoms with E-state index in [2.05, 4.69) is 10.6 Å². The predicted molar refractivity (Wildman–Crippen MR) is 92.4 cm³/mol. The van der Waals surface area contributed by atoms with Gasteiger partial charge in [0.15, 0.2) is 13.2 Å². The zero-order chi connectivity index (χ0) is 19.9. The molecule has 1 atom stereocenters. The minimum atomic E-state index is -0.610. The number of hydrogen-bond acceptors (Lipinski definition) is 6. The van der Waals surface area contributed by atoms with Crippen LogP contribution in [0.4, 0.5) is 9.59 Å². The van der Waals surface area contributed by atoms with Crippen LogP contribution in [0.2, 0.25) is 0 Å². The molecule has 10 heteroatoms. The van der Waals surface area contributed by atoms with Gasteiger partial charge in [-0.2, -0.15) is 0 Å². The summed E-state index contributed by atoms with van der Waals surface area (Å²) in [6.07, 6.45) is -1.21. The van der Waals surface area contributed by atoms with Crippen molar-refractivity contribution in [2.24, 2.45) is 5.41 Å². The maximum Gasteiger partial charge on any atom is 0.410 e. The van der Waals surface area contributed by atoms with Crippen LogP contribution in [0, 0.1) is 5.41 Å². The molecule has 1 unspecified atom stereocenters. The molecular formula is C16H28N4O6. The lowest BCUT2D eigenvalue weighted by Crippen LogP contribution is -2.61. The van der Waals surface area contributed by atoms with Crippen molar-refractivity contribution in [1.82, 2.24) is 20.4 Å². The van der Waals surface area contributed by atoms with Gasteiger partial charge < -0.3 is 29.9 Å². The highest BCUT2D eigenvalue weighted by atomic mass is 16.6. The van der Waals surface area contributed by atoms with Gasteiger partial charge in [-0.15, -0.1) is 0 Å². The Morgan fingerprint density at radius 2 is 1.42 bits per heavy atom. The van der Waals surface area contributed by atoms with E-state index in [0.717, 1.165) is 0 Å². The first-order valence-electron chi connectivity index (χ1n) is 8.36. The van der Waals surface area contributed by atoms with Gasteiger partial charge in [0.2, 0.25) is 0 Å². The first kappa shape index (κ1) is 21.5. The minimum Gasteiger partial charge on any atom is -0.439 e. The van der Waals surface area contributed by atoms with Crippen molar-refractivity contribution in [3.05, 3.63) is 0 Å². The molecule has 0 saturated carbocycles. The van der Waals surface area contributed by atoms with E-state index in [0.29, 0.717) is 0 Å². The Bertz CT molecular complexity index is 545. The van der Waals surface area contributed by atoms with E-state index < -0.39 is 24.0 Å². The molecule has 1 aliphatic heterocycles. The third-order valence-electron chi connectivity index (χ3n) is 4.08. The van der Waals surface area contributed by atoms with Gasteiger partial charge >= 0.3 is 12.2 Å². The highest BCUT2D eigenvalue weighted by Gasteiger charge is 2.40. The van der Waals surface area contributed by atoms with Crippen LogP contribution in [0.3, 0.4) is 0 Å². The largest absolute Gasteiger partial charge is 0.439 e. The van der Waals surface area contributed by atoms with Gasteiger partial charge in [0.05, 0.1) is 6.04 Å². The molecule has 1 aliphatic rings. The Morgan fingerprint density at radius 3 is 1.88 bits per heavy atom. The van der Waals surface area contributed by atoms with Crippen LogP contribution in [-0.2, 0) is 19.1 Å². The van der Waals surface area contributed by atoms with Gasteiger partial charge in [-0.25, -0.2) is 9.59 Å². The van der Waals surface area contributed by atoms with E-state index in [4.69, 9.17) is 9.47 Å². The third kappa shape index (κ3) is 6.08. The van der Waals surface area contributed by atoms with Crippen molar-refractivity contribution in [2.75, 3.05) is 46.9 Å². The number of nitrogens with zero attached hydrogens (tertiary/aromatic N) is 2. The van der Waals surface area contributed by atoms with Crippen molar-refractivity contribution in [3.63, 3.8) is 0 Å². The summed E-state index contributed by atoms with van der Waals surface area (Å²) in [6, 6.07) is -0.332.